The van der Waals surface area contributed by atoms with Crippen LogP contribution < -0.4 is 0 Å². The van der Waals surface area contributed by atoms with Crippen molar-refractivity contribution in [1.82, 2.24) is 19.2 Å². The van der Waals surface area contributed by atoms with Gasteiger partial charge in [0.1, 0.15) is 6.33 Å². The van der Waals surface area contributed by atoms with Gasteiger partial charge in [0.2, 0.25) is 4.77 Å². The molecule has 2 aromatic rings. The molecule has 5 heteroatoms. The third-order valence-corrected chi connectivity index (χ3v) is 5.86. The second kappa shape index (κ2) is 6.45. The molecule has 2 fully saturated rings. The van der Waals surface area contributed by atoms with E-state index in [-0.39, 0.29) is 0 Å². The van der Waals surface area contributed by atoms with E-state index < -0.39 is 0 Å². The third-order valence-electron chi connectivity index (χ3n) is 5.45. The van der Waals surface area contributed by atoms with Gasteiger partial charge >= 0.3 is 0 Å². The van der Waals surface area contributed by atoms with Crippen LogP contribution in [0.3, 0.4) is 0 Å². The number of aryl methyl sites for hydroxylation is 2. The molecule has 0 bridgehead atoms. The molecule has 24 heavy (non-hydrogen) atoms. The number of aromatic nitrogens is 3. The van der Waals surface area contributed by atoms with Gasteiger partial charge in [-0.05, 0) is 63.4 Å². The molecular formula is C19H26N4S. The molecule has 0 atom stereocenters. The van der Waals surface area contributed by atoms with Gasteiger partial charge in [-0.1, -0.05) is 30.5 Å². The van der Waals surface area contributed by atoms with E-state index in [1.54, 1.807) is 0 Å². The fourth-order valence-corrected chi connectivity index (χ4v) is 4.25. The number of hydrogen-bond donors (Lipinski definition) is 0. The van der Waals surface area contributed by atoms with Crippen molar-refractivity contribution in [3.8, 4) is 5.69 Å². The smallest absolute Gasteiger partial charge is 0.203 e. The average molecular weight is 343 g/mol. The predicted octanol–water partition coefficient (Wildman–Crippen LogP) is 4.38. The Balaban J connectivity index is 1.60. The summed E-state index contributed by atoms with van der Waals surface area (Å²) in [7, 11) is 0. The number of nitrogens with zero attached hydrogens (tertiary/aromatic N) is 4. The summed E-state index contributed by atoms with van der Waals surface area (Å²) in [5.74, 6) is 0. The first-order valence-corrected chi connectivity index (χ1v) is 9.52. The number of benzene rings is 1. The maximum Gasteiger partial charge on any atom is 0.203 e. The van der Waals surface area contributed by atoms with Crippen LogP contribution in [0.5, 0.6) is 0 Å². The van der Waals surface area contributed by atoms with Crippen LogP contribution in [0.25, 0.3) is 5.69 Å². The Morgan fingerprint density at radius 3 is 2.50 bits per heavy atom. The lowest BCUT2D eigenvalue weighted by molar-refractivity contribution is 0.134. The maximum absolute atomic E-state index is 5.74. The Morgan fingerprint density at radius 2 is 1.83 bits per heavy atom. The molecule has 0 N–H and O–H groups in total. The third kappa shape index (κ3) is 3.07. The Labute approximate surface area is 149 Å². The van der Waals surface area contributed by atoms with Crippen molar-refractivity contribution in [3.63, 3.8) is 0 Å². The minimum absolute atomic E-state index is 0.727. The normalized spacial score (nSPS) is 18.6. The van der Waals surface area contributed by atoms with Gasteiger partial charge < -0.3 is 0 Å². The van der Waals surface area contributed by atoms with Crippen LogP contribution in [0.1, 0.15) is 49.7 Å². The molecule has 2 aliphatic carbocycles. The van der Waals surface area contributed by atoms with E-state index in [1.165, 1.54) is 49.7 Å². The quantitative estimate of drug-likeness (QED) is 0.754. The van der Waals surface area contributed by atoms with Crippen molar-refractivity contribution < 1.29 is 0 Å². The standard InChI is InChI=1S/C19H26N4S/c1-14-7-10-18(15(2)11-14)21-12-20-23(19(21)24)13-22(17-8-9-17)16-5-3-4-6-16/h7,10-12,16-17H,3-6,8-9,13H2,1-2H3. The second-order valence-corrected chi connectivity index (χ2v) is 7.76. The van der Waals surface area contributed by atoms with Crippen LogP contribution in [0.15, 0.2) is 24.5 Å². The summed E-state index contributed by atoms with van der Waals surface area (Å²) < 4.78 is 4.85. The lowest BCUT2D eigenvalue weighted by Gasteiger charge is -2.28. The van der Waals surface area contributed by atoms with E-state index in [9.17, 15) is 0 Å². The highest BCUT2D eigenvalue weighted by molar-refractivity contribution is 7.71. The van der Waals surface area contributed by atoms with E-state index >= 15 is 0 Å². The highest BCUT2D eigenvalue weighted by Gasteiger charge is 2.35. The molecule has 128 valence electrons. The minimum atomic E-state index is 0.727. The molecule has 0 aliphatic heterocycles. The van der Waals surface area contributed by atoms with Crippen molar-refractivity contribution >= 4 is 12.2 Å². The van der Waals surface area contributed by atoms with E-state index in [2.05, 4.69) is 42.0 Å². The second-order valence-electron chi connectivity index (χ2n) is 7.40. The van der Waals surface area contributed by atoms with Crippen LogP contribution in [-0.2, 0) is 6.67 Å². The maximum atomic E-state index is 5.74. The summed E-state index contributed by atoms with van der Waals surface area (Å²) in [5, 5.41) is 4.61. The van der Waals surface area contributed by atoms with Gasteiger partial charge in [-0.2, -0.15) is 5.10 Å². The van der Waals surface area contributed by atoms with Crippen molar-refractivity contribution in [1.29, 1.82) is 0 Å². The molecular weight excluding hydrogens is 316 g/mol. The molecule has 0 saturated heterocycles. The van der Waals surface area contributed by atoms with Crippen LogP contribution in [0, 0.1) is 18.6 Å². The molecule has 0 amide bonds. The Kier molecular flexibility index (Phi) is 4.31. The summed E-state index contributed by atoms with van der Waals surface area (Å²) in [4.78, 5) is 2.65. The monoisotopic (exact) mass is 342 g/mol. The summed E-state index contributed by atoms with van der Waals surface area (Å²) in [6.45, 7) is 5.09. The Hall–Kier alpha value is -1.46. The van der Waals surface area contributed by atoms with Crippen molar-refractivity contribution in [2.45, 2.75) is 71.1 Å². The van der Waals surface area contributed by atoms with E-state index in [0.29, 0.717) is 0 Å². The molecule has 1 aromatic carbocycles. The fraction of sp³-hybridized carbons (Fsp3) is 0.579. The average Bonchev–Trinajstić information content (AvgIpc) is 3.12. The molecule has 1 aromatic heterocycles. The zero-order valence-corrected chi connectivity index (χ0v) is 15.4. The van der Waals surface area contributed by atoms with E-state index in [1.807, 2.05) is 15.6 Å². The van der Waals surface area contributed by atoms with Gasteiger partial charge in [0.15, 0.2) is 0 Å². The summed E-state index contributed by atoms with van der Waals surface area (Å²) in [6.07, 6.45) is 9.96. The summed E-state index contributed by atoms with van der Waals surface area (Å²) in [6, 6.07) is 7.95. The predicted molar refractivity (Wildman–Crippen MR) is 99.0 cm³/mol. The van der Waals surface area contributed by atoms with Gasteiger partial charge in [0.25, 0.3) is 0 Å². The highest BCUT2D eigenvalue weighted by Crippen LogP contribution is 2.34. The van der Waals surface area contributed by atoms with Gasteiger partial charge in [0, 0.05) is 12.1 Å². The summed E-state index contributed by atoms with van der Waals surface area (Å²) in [5.41, 5.74) is 3.65. The lowest BCUT2D eigenvalue weighted by atomic mass is 10.1. The van der Waals surface area contributed by atoms with Crippen LogP contribution in [-0.4, -0.2) is 31.3 Å². The topological polar surface area (TPSA) is 26.0 Å². The van der Waals surface area contributed by atoms with E-state index in [4.69, 9.17) is 12.2 Å². The zero-order chi connectivity index (χ0) is 16.7. The molecule has 1 heterocycles. The van der Waals surface area contributed by atoms with Crippen molar-refractivity contribution in [2.75, 3.05) is 0 Å². The molecule has 0 radical (unpaired) electrons. The fourth-order valence-electron chi connectivity index (χ4n) is 4.00. The largest absolute Gasteiger partial charge is 0.278 e. The van der Waals surface area contributed by atoms with Gasteiger partial charge in [-0.3, -0.25) is 9.47 Å². The Morgan fingerprint density at radius 1 is 1.12 bits per heavy atom. The van der Waals surface area contributed by atoms with Crippen molar-refractivity contribution in [2.24, 2.45) is 0 Å². The molecule has 0 spiro atoms. The first kappa shape index (κ1) is 16.0. The number of hydrogen-bond acceptors (Lipinski definition) is 3. The SMILES string of the molecule is Cc1ccc(-n2cnn(CN(C3CCCC3)C3CC3)c2=S)c(C)c1. The van der Waals surface area contributed by atoms with E-state index in [0.717, 1.165) is 29.2 Å². The van der Waals surface area contributed by atoms with Gasteiger partial charge in [-0.25, -0.2) is 4.68 Å². The van der Waals surface area contributed by atoms with Crippen molar-refractivity contribution in [3.05, 3.63) is 40.4 Å². The lowest BCUT2D eigenvalue weighted by Crippen LogP contribution is -2.37. The first-order valence-electron chi connectivity index (χ1n) is 9.11. The van der Waals surface area contributed by atoms with Crippen LogP contribution in [0.4, 0.5) is 0 Å². The number of rotatable bonds is 5. The Bertz CT molecular complexity index is 781. The minimum Gasteiger partial charge on any atom is -0.278 e. The van der Waals surface area contributed by atoms with Crippen LogP contribution in [0.2, 0.25) is 0 Å². The zero-order valence-electron chi connectivity index (χ0n) is 14.6. The first-order chi connectivity index (χ1) is 11.6. The molecule has 4 nitrogen and oxygen atoms in total. The molecule has 2 saturated carbocycles. The van der Waals surface area contributed by atoms with Gasteiger partial charge in [0.05, 0.1) is 12.4 Å². The van der Waals surface area contributed by atoms with Gasteiger partial charge in [-0.15, -0.1) is 0 Å². The molecule has 2 aliphatic rings. The molecule has 4 rings (SSSR count). The molecule has 0 unspecified atom stereocenters. The van der Waals surface area contributed by atoms with Crippen LogP contribution >= 0.6 is 12.2 Å². The highest BCUT2D eigenvalue weighted by atomic mass is 32.1. The summed E-state index contributed by atoms with van der Waals surface area (Å²) >= 11 is 5.74.